The molecule has 0 atom stereocenters. The van der Waals surface area contributed by atoms with E-state index in [4.69, 9.17) is 5.26 Å². The van der Waals surface area contributed by atoms with Gasteiger partial charge in [0.1, 0.15) is 0 Å². The molecule has 0 aromatic heterocycles. The van der Waals surface area contributed by atoms with Crippen LogP contribution >= 0.6 is 0 Å². The lowest BCUT2D eigenvalue weighted by molar-refractivity contribution is -0.864. The number of hydrogen-bond acceptors (Lipinski definition) is 1. The average Bonchev–Trinajstić information content (AvgIpc) is 2.18. The number of benzene rings is 1. The van der Waals surface area contributed by atoms with Gasteiger partial charge >= 0.3 is 0 Å². The van der Waals surface area contributed by atoms with Crippen LogP contribution in [0.5, 0.6) is 0 Å². The Hall–Kier alpha value is -1.53. The van der Waals surface area contributed by atoms with E-state index in [-0.39, 0.29) is 0 Å². The van der Waals surface area contributed by atoms with Gasteiger partial charge in [-0.25, -0.2) is 5.26 Å². The third-order valence-electron chi connectivity index (χ3n) is 1.76. The predicted octanol–water partition coefficient (Wildman–Crippen LogP) is 2.04. The van der Waals surface area contributed by atoms with Crippen LogP contribution in [0.4, 0.5) is 0 Å². The Morgan fingerprint density at radius 2 is 1.75 bits per heavy atom. The van der Waals surface area contributed by atoms with Crippen LogP contribution in [0.15, 0.2) is 36.4 Å². The van der Waals surface area contributed by atoms with Gasteiger partial charge in [-0.2, -0.15) is 0 Å². The van der Waals surface area contributed by atoms with Crippen molar-refractivity contribution in [1.82, 2.24) is 0 Å². The van der Waals surface area contributed by atoms with E-state index in [0.29, 0.717) is 0 Å². The highest BCUT2D eigenvalue weighted by Gasteiger charge is 2.01. The largest absolute Gasteiger partial charge is 0.328 e. The summed E-state index contributed by atoms with van der Waals surface area (Å²) in [7, 11) is 10.7. The van der Waals surface area contributed by atoms with E-state index in [1.807, 2.05) is 6.07 Å². The monoisotopic (exact) mass is 213 g/mol. The van der Waals surface area contributed by atoms with E-state index in [2.05, 4.69) is 65.4 Å². The van der Waals surface area contributed by atoms with Gasteiger partial charge in [-0.3, -0.25) is 0 Å². The number of nitriles is 1. The molecule has 0 fully saturated rings. The fourth-order valence-corrected chi connectivity index (χ4v) is 1.07. The van der Waals surface area contributed by atoms with Crippen molar-refractivity contribution < 1.29 is 4.48 Å². The average molecular weight is 213 g/mol. The van der Waals surface area contributed by atoms with E-state index >= 15 is 0 Å². The van der Waals surface area contributed by atoms with E-state index in [1.54, 1.807) is 0 Å². The minimum absolute atomic E-state index is 0.976. The summed E-state index contributed by atoms with van der Waals surface area (Å²) in [5.41, 5.74) is 1.27. The van der Waals surface area contributed by atoms with Crippen LogP contribution in [0, 0.1) is 11.2 Å². The molecule has 0 aliphatic rings. The first-order valence-electron chi connectivity index (χ1n) is 5.11. The molecule has 3 heteroatoms. The van der Waals surface area contributed by atoms with Crippen molar-refractivity contribution in [2.45, 2.75) is 0 Å². The molecule has 0 N–H and O–H groups in total. The summed E-state index contributed by atoms with van der Waals surface area (Å²) in [6.45, 7) is 1.06. The molecule has 16 heavy (non-hydrogen) atoms. The summed E-state index contributed by atoms with van der Waals surface area (Å²) >= 11 is 0. The standard InChI is InChI=1S/C12H18N.CBN/c1-13(2,3)11-7-10-12-8-5-4-6-9-12;2-1-3/h4-10H,11H2,1-3H3;/q+1;. The van der Waals surface area contributed by atoms with Crippen LogP contribution in [0.25, 0.3) is 6.08 Å². The normalized spacial score (nSPS) is 10.4. The molecule has 1 aromatic rings. The second-order valence-corrected chi connectivity index (χ2v) is 4.42. The number of rotatable bonds is 3. The Balaban J connectivity index is 0.000000673. The zero-order valence-electron chi connectivity index (χ0n) is 10.2. The summed E-state index contributed by atoms with van der Waals surface area (Å²) in [5.74, 6) is 1.25. The smallest absolute Gasteiger partial charge is 0.229 e. The van der Waals surface area contributed by atoms with Crippen LogP contribution < -0.4 is 0 Å². The molecular weight excluding hydrogens is 195 g/mol. The molecule has 0 heterocycles. The summed E-state index contributed by atoms with van der Waals surface area (Å²) in [6, 6.07) is 10.4. The summed E-state index contributed by atoms with van der Waals surface area (Å²) in [4.78, 5) is 0. The van der Waals surface area contributed by atoms with E-state index < -0.39 is 0 Å². The topological polar surface area (TPSA) is 23.8 Å². The maximum atomic E-state index is 7.10. The highest BCUT2D eigenvalue weighted by molar-refractivity contribution is 6.20. The van der Waals surface area contributed by atoms with Gasteiger partial charge < -0.3 is 4.48 Å². The summed E-state index contributed by atoms with van der Waals surface area (Å²) < 4.78 is 0.976. The van der Waals surface area contributed by atoms with Crippen LogP contribution in [-0.2, 0) is 0 Å². The molecule has 0 saturated heterocycles. The van der Waals surface area contributed by atoms with Gasteiger partial charge in [-0.15, -0.1) is 0 Å². The van der Waals surface area contributed by atoms with Crippen molar-refractivity contribution >= 4 is 13.9 Å². The highest BCUT2D eigenvalue weighted by Crippen LogP contribution is 2.01. The quantitative estimate of drug-likeness (QED) is 0.556. The Morgan fingerprint density at radius 3 is 2.19 bits per heavy atom. The molecular formula is C13H18BN2+. The van der Waals surface area contributed by atoms with Crippen molar-refractivity contribution in [1.29, 1.82) is 5.26 Å². The molecule has 0 aliphatic carbocycles. The van der Waals surface area contributed by atoms with Gasteiger partial charge in [0, 0.05) is 0 Å². The number of hydrogen-bond donors (Lipinski definition) is 0. The van der Waals surface area contributed by atoms with Crippen LogP contribution in [0.1, 0.15) is 5.56 Å². The minimum Gasteiger partial charge on any atom is -0.328 e. The first-order chi connectivity index (χ1) is 7.49. The van der Waals surface area contributed by atoms with Crippen molar-refractivity contribution in [2.24, 2.45) is 0 Å². The van der Waals surface area contributed by atoms with Crippen LogP contribution in [-0.4, -0.2) is 40.0 Å². The Labute approximate surface area is 99.8 Å². The second kappa shape index (κ2) is 7.73. The van der Waals surface area contributed by atoms with Gasteiger partial charge in [0.2, 0.25) is 7.85 Å². The first-order valence-corrected chi connectivity index (χ1v) is 5.11. The molecule has 0 saturated carbocycles. The minimum atomic E-state index is 0.976. The number of quaternary nitrogens is 1. The highest BCUT2D eigenvalue weighted by atomic mass is 15.3. The Morgan fingerprint density at radius 1 is 1.25 bits per heavy atom. The van der Waals surface area contributed by atoms with Crippen molar-refractivity contribution in [3.8, 4) is 5.97 Å². The molecule has 0 unspecified atom stereocenters. The summed E-state index contributed by atoms with van der Waals surface area (Å²) in [6.07, 6.45) is 4.39. The molecule has 2 radical (unpaired) electrons. The molecule has 0 bridgehead atoms. The fourth-order valence-electron chi connectivity index (χ4n) is 1.07. The third kappa shape index (κ3) is 9.05. The van der Waals surface area contributed by atoms with Crippen molar-refractivity contribution in [2.75, 3.05) is 27.7 Å². The zero-order chi connectivity index (χ0) is 12.4. The van der Waals surface area contributed by atoms with E-state index in [9.17, 15) is 0 Å². The first kappa shape index (κ1) is 14.5. The predicted molar refractivity (Wildman–Crippen MR) is 69.7 cm³/mol. The lowest BCUT2D eigenvalue weighted by Crippen LogP contribution is -2.34. The number of likely N-dealkylation sites (N-methyl/N-ethyl adjacent to an activating group) is 1. The van der Waals surface area contributed by atoms with Gasteiger partial charge in [0.25, 0.3) is 0 Å². The fraction of sp³-hybridized carbons (Fsp3) is 0.308. The van der Waals surface area contributed by atoms with E-state index in [0.717, 1.165) is 11.0 Å². The van der Waals surface area contributed by atoms with Crippen LogP contribution in [0.2, 0.25) is 0 Å². The van der Waals surface area contributed by atoms with Crippen molar-refractivity contribution in [3.05, 3.63) is 42.0 Å². The van der Waals surface area contributed by atoms with Gasteiger partial charge in [-0.05, 0) is 17.6 Å². The molecule has 2 nitrogen and oxygen atoms in total. The second-order valence-electron chi connectivity index (χ2n) is 4.42. The maximum Gasteiger partial charge on any atom is 0.229 e. The lowest BCUT2D eigenvalue weighted by atomic mass is 10.2. The summed E-state index contributed by atoms with van der Waals surface area (Å²) in [5, 5.41) is 7.10. The molecule has 0 aliphatic heterocycles. The number of nitrogens with zero attached hydrogens (tertiary/aromatic N) is 2. The van der Waals surface area contributed by atoms with E-state index in [1.165, 1.54) is 11.5 Å². The van der Waals surface area contributed by atoms with Crippen molar-refractivity contribution in [3.63, 3.8) is 0 Å². The third-order valence-corrected chi connectivity index (χ3v) is 1.76. The Kier molecular flexibility index (Phi) is 6.99. The molecule has 1 rings (SSSR count). The van der Waals surface area contributed by atoms with Gasteiger partial charge in [0.05, 0.1) is 27.7 Å². The lowest BCUT2D eigenvalue weighted by Gasteiger charge is -2.21. The molecule has 0 amide bonds. The Bertz CT molecular complexity index is 344. The van der Waals surface area contributed by atoms with Crippen LogP contribution in [0.3, 0.4) is 0 Å². The zero-order valence-corrected chi connectivity index (χ0v) is 10.2. The molecule has 1 aromatic carbocycles. The maximum absolute atomic E-state index is 7.10. The molecule has 82 valence electrons. The molecule has 0 spiro atoms. The van der Waals surface area contributed by atoms with Gasteiger partial charge in [-0.1, -0.05) is 36.4 Å². The SMILES string of the molecule is C[N+](C)(C)CC=Cc1ccccc1.[B]C#N. The van der Waals surface area contributed by atoms with Gasteiger partial charge in [0.15, 0.2) is 0 Å².